The summed E-state index contributed by atoms with van der Waals surface area (Å²) >= 11 is 0. The van der Waals surface area contributed by atoms with Crippen molar-refractivity contribution in [1.82, 2.24) is 0 Å². The highest BCUT2D eigenvalue weighted by molar-refractivity contribution is 7.45. The van der Waals surface area contributed by atoms with Crippen LogP contribution in [0.1, 0.15) is 155 Å². The van der Waals surface area contributed by atoms with E-state index in [9.17, 15) is 0 Å². The average molecular weight is 423 g/mol. The van der Waals surface area contributed by atoms with Crippen molar-refractivity contribution in [3.63, 3.8) is 0 Å². The molecule has 0 heterocycles. The molecule has 0 rings (SSSR count). The fourth-order valence-electron chi connectivity index (χ4n) is 3.86. The van der Waals surface area contributed by atoms with E-state index in [0.29, 0.717) is 0 Å². The highest BCUT2D eigenvalue weighted by Crippen LogP contribution is 2.17. The number of unbranched alkanes of at least 4 members (excludes halogenated alkanes) is 20. The Bertz CT molecular complexity index is 299. The Labute approximate surface area is 187 Å². The molecule has 0 amide bonds. The van der Waals surface area contributed by atoms with Crippen molar-refractivity contribution in [2.45, 2.75) is 155 Å². The van der Waals surface area contributed by atoms with Crippen LogP contribution in [-0.2, 0) is 0 Å². The molecule has 0 aliphatic heterocycles. The maximum Gasteiger partial charge on any atom is -0.0347 e. The van der Waals surface area contributed by atoms with Gasteiger partial charge in [-0.05, 0) is 25.7 Å². The van der Waals surface area contributed by atoms with E-state index in [-0.39, 0.29) is 0 Å². The third-order valence-electron chi connectivity index (χ3n) is 5.88. The summed E-state index contributed by atoms with van der Waals surface area (Å²) in [6.07, 6.45) is 36.1. The standard InChI is InChI=1S/C28H55P/c1-3-5-7-9-11-13-15-17-19-21-23-25-27-29-28-26-24-22-20-18-16-14-12-10-8-6-4-2/h25-29H,3-24H2,1-2H3/b27-25+,28-26+. The molecule has 0 aromatic heterocycles. The van der Waals surface area contributed by atoms with Crippen LogP contribution in [-0.4, -0.2) is 0 Å². The van der Waals surface area contributed by atoms with Crippen LogP contribution < -0.4 is 0 Å². The zero-order valence-electron chi connectivity index (χ0n) is 20.4. The van der Waals surface area contributed by atoms with E-state index >= 15 is 0 Å². The number of hydrogen-bond donors (Lipinski definition) is 0. The number of rotatable bonds is 24. The van der Waals surface area contributed by atoms with E-state index in [4.69, 9.17) is 0 Å². The molecule has 29 heavy (non-hydrogen) atoms. The minimum atomic E-state index is 0.894. The summed E-state index contributed by atoms with van der Waals surface area (Å²) in [6.45, 7) is 4.59. The van der Waals surface area contributed by atoms with Crippen molar-refractivity contribution in [2.75, 3.05) is 0 Å². The predicted molar refractivity (Wildman–Crippen MR) is 140 cm³/mol. The van der Waals surface area contributed by atoms with Gasteiger partial charge in [-0.25, -0.2) is 0 Å². The van der Waals surface area contributed by atoms with Crippen molar-refractivity contribution in [3.05, 3.63) is 23.8 Å². The van der Waals surface area contributed by atoms with Crippen LogP contribution >= 0.6 is 8.58 Å². The summed E-state index contributed by atoms with van der Waals surface area (Å²) in [5, 5.41) is 0. The molecule has 1 heteroatoms. The van der Waals surface area contributed by atoms with Crippen LogP contribution in [0.4, 0.5) is 0 Å². The molecule has 0 N–H and O–H groups in total. The normalized spacial score (nSPS) is 11.9. The van der Waals surface area contributed by atoms with Gasteiger partial charge in [0.05, 0.1) is 0 Å². The van der Waals surface area contributed by atoms with Crippen LogP contribution in [0.3, 0.4) is 0 Å². The maximum absolute atomic E-state index is 2.41. The van der Waals surface area contributed by atoms with Crippen molar-refractivity contribution >= 4 is 8.58 Å². The van der Waals surface area contributed by atoms with Gasteiger partial charge in [0.15, 0.2) is 0 Å². The van der Waals surface area contributed by atoms with Crippen LogP contribution in [0.5, 0.6) is 0 Å². The largest absolute Gasteiger partial charge is 0.0840 e. The predicted octanol–water partition coefficient (Wildman–Crippen LogP) is 11.3. The van der Waals surface area contributed by atoms with Gasteiger partial charge in [-0.15, -0.1) is 0 Å². The van der Waals surface area contributed by atoms with E-state index in [1.165, 1.54) is 141 Å². The van der Waals surface area contributed by atoms with Gasteiger partial charge in [-0.3, -0.25) is 0 Å². The van der Waals surface area contributed by atoms with E-state index in [1.807, 2.05) is 0 Å². The van der Waals surface area contributed by atoms with E-state index in [2.05, 4.69) is 37.6 Å². The molecular weight excluding hydrogens is 367 g/mol. The van der Waals surface area contributed by atoms with Gasteiger partial charge in [0.25, 0.3) is 0 Å². The summed E-state index contributed by atoms with van der Waals surface area (Å²) in [7, 11) is 0.894. The second-order valence-corrected chi connectivity index (χ2v) is 9.91. The first-order valence-corrected chi connectivity index (χ1v) is 14.6. The lowest BCUT2D eigenvalue weighted by Crippen LogP contribution is -1.81. The highest BCUT2D eigenvalue weighted by atomic mass is 31.1. The lowest BCUT2D eigenvalue weighted by molar-refractivity contribution is 0.557. The number of allylic oxidation sites excluding steroid dienone is 2. The highest BCUT2D eigenvalue weighted by Gasteiger charge is 1.93. The Morgan fingerprint density at radius 1 is 0.379 bits per heavy atom. The third-order valence-corrected chi connectivity index (χ3v) is 6.73. The van der Waals surface area contributed by atoms with Gasteiger partial charge in [0, 0.05) is 0 Å². The summed E-state index contributed by atoms with van der Waals surface area (Å²) in [5.74, 6) is 4.78. The summed E-state index contributed by atoms with van der Waals surface area (Å²) in [6, 6.07) is 0. The smallest absolute Gasteiger partial charge is 0.0347 e. The molecule has 0 saturated heterocycles. The second kappa shape index (κ2) is 27.9. The molecule has 172 valence electrons. The summed E-state index contributed by atoms with van der Waals surface area (Å²) in [5.41, 5.74) is 0. The molecule has 0 nitrogen and oxygen atoms in total. The SMILES string of the molecule is CCCCCCCCCCCC/C=C/P/C=C/CCCCCCCCCCCC. The molecule has 0 aromatic rings. The van der Waals surface area contributed by atoms with Crippen molar-refractivity contribution in [3.8, 4) is 0 Å². The third kappa shape index (κ3) is 27.9. The van der Waals surface area contributed by atoms with Crippen molar-refractivity contribution < 1.29 is 0 Å². The topological polar surface area (TPSA) is 0 Å². The molecule has 0 aromatic carbocycles. The van der Waals surface area contributed by atoms with Gasteiger partial charge in [-0.2, -0.15) is 0 Å². The van der Waals surface area contributed by atoms with Gasteiger partial charge in [0.1, 0.15) is 0 Å². The first-order valence-electron chi connectivity index (χ1n) is 13.5. The van der Waals surface area contributed by atoms with Gasteiger partial charge >= 0.3 is 0 Å². The Balaban J connectivity index is 3.14. The fraction of sp³-hybridized carbons (Fsp3) is 0.857. The molecule has 0 fully saturated rings. The van der Waals surface area contributed by atoms with Crippen LogP contribution in [0.2, 0.25) is 0 Å². The molecule has 0 saturated carbocycles. The Kier molecular flexibility index (Phi) is 27.8. The maximum atomic E-state index is 2.41. The lowest BCUT2D eigenvalue weighted by atomic mass is 10.1. The molecule has 0 aliphatic rings. The Morgan fingerprint density at radius 2 is 0.655 bits per heavy atom. The molecule has 0 bridgehead atoms. The van der Waals surface area contributed by atoms with E-state index < -0.39 is 0 Å². The first-order chi connectivity index (χ1) is 14.4. The van der Waals surface area contributed by atoms with Gasteiger partial charge in [0.2, 0.25) is 0 Å². The zero-order chi connectivity index (χ0) is 21.1. The molecule has 0 aliphatic carbocycles. The molecule has 0 unspecified atom stereocenters. The number of hydrogen-bond acceptors (Lipinski definition) is 0. The second-order valence-electron chi connectivity index (χ2n) is 8.91. The molecule has 0 spiro atoms. The Hall–Kier alpha value is -0.0900. The molecular formula is C28H55P. The van der Waals surface area contributed by atoms with Gasteiger partial charge < -0.3 is 0 Å². The summed E-state index contributed by atoms with van der Waals surface area (Å²) in [4.78, 5) is 0. The average Bonchev–Trinajstić information content (AvgIpc) is 2.74. The van der Waals surface area contributed by atoms with Crippen molar-refractivity contribution in [2.24, 2.45) is 0 Å². The molecule has 0 radical (unpaired) electrons. The fourth-order valence-corrected chi connectivity index (χ4v) is 4.57. The van der Waals surface area contributed by atoms with Gasteiger partial charge in [-0.1, -0.05) is 162 Å². The van der Waals surface area contributed by atoms with Crippen LogP contribution in [0.25, 0.3) is 0 Å². The van der Waals surface area contributed by atoms with Crippen LogP contribution in [0.15, 0.2) is 23.8 Å². The minimum absolute atomic E-state index is 0.894. The molecule has 0 atom stereocenters. The zero-order valence-corrected chi connectivity index (χ0v) is 21.4. The lowest BCUT2D eigenvalue weighted by Gasteiger charge is -2.01. The van der Waals surface area contributed by atoms with E-state index in [0.717, 1.165) is 8.58 Å². The monoisotopic (exact) mass is 422 g/mol. The first kappa shape index (κ1) is 28.9. The Morgan fingerprint density at radius 3 is 0.966 bits per heavy atom. The minimum Gasteiger partial charge on any atom is -0.0840 e. The summed E-state index contributed by atoms with van der Waals surface area (Å²) < 4.78 is 0. The van der Waals surface area contributed by atoms with Crippen molar-refractivity contribution in [1.29, 1.82) is 0 Å². The van der Waals surface area contributed by atoms with E-state index in [1.54, 1.807) is 0 Å². The van der Waals surface area contributed by atoms with Crippen LogP contribution in [0, 0.1) is 0 Å². The quantitative estimate of drug-likeness (QED) is 0.107.